The molecule has 0 unspecified atom stereocenters. The van der Waals surface area contributed by atoms with Crippen molar-refractivity contribution in [2.75, 3.05) is 0 Å². The maximum atomic E-state index is 12.3. The molecule has 3 aromatic rings. The van der Waals surface area contributed by atoms with E-state index in [0.29, 0.717) is 24.2 Å². The molecule has 3 rings (SSSR count). The number of carbonyl (C=O) groups excluding carboxylic acids is 2. The lowest BCUT2D eigenvalue weighted by Crippen LogP contribution is -2.25. The Bertz CT molecular complexity index is 812. The zero-order valence-corrected chi connectivity index (χ0v) is 14.1. The lowest BCUT2D eigenvalue weighted by molar-refractivity contribution is 0.0950. The van der Waals surface area contributed by atoms with E-state index in [9.17, 15) is 9.59 Å². The van der Waals surface area contributed by atoms with Crippen molar-refractivity contribution in [3.8, 4) is 0 Å². The summed E-state index contributed by atoms with van der Waals surface area (Å²) >= 11 is 0. The Labute approximate surface area is 151 Å². The average molecular weight is 346 g/mol. The van der Waals surface area contributed by atoms with E-state index in [1.807, 2.05) is 30.3 Å². The van der Waals surface area contributed by atoms with E-state index >= 15 is 0 Å². The van der Waals surface area contributed by atoms with Gasteiger partial charge in [-0.15, -0.1) is 0 Å². The second-order valence-corrected chi connectivity index (χ2v) is 5.62. The topological polar surface area (TPSA) is 84.0 Å². The molecule has 0 bridgehead atoms. The highest BCUT2D eigenvalue weighted by atomic mass is 16.2. The molecule has 0 atom stereocenters. The van der Waals surface area contributed by atoms with Gasteiger partial charge in [0.25, 0.3) is 11.8 Å². The van der Waals surface area contributed by atoms with Gasteiger partial charge in [0.1, 0.15) is 0 Å². The van der Waals surface area contributed by atoms with E-state index in [2.05, 4.69) is 20.6 Å². The van der Waals surface area contributed by atoms with Crippen LogP contribution in [0.3, 0.4) is 0 Å². The summed E-state index contributed by atoms with van der Waals surface area (Å²) in [6.07, 6.45) is 5.03. The summed E-state index contributed by atoms with van der Waals surface area (Å²) in [7, 11) is 0. The molecule has 2 heterocycles. The molecule has 0 saturated carbocycles. The maximum Gasteiger partial charge on any atom is 0.251 e. The Hall–Kier alpha value is -3.54. The van der Waals surface area contributed by atoms with Gasteiger partial charge in [-0.1, -0.05) is 12.1 Å². The summed E-state index contributed by atoms with van der Waals surface area (Å²) in [5, 5.41) is 5.63. The number of hydrogen-bond acceptors (Lipinski definition) is 4. The summed E-state index contributed by atoms with van der Waals surface area (Å²) in [6, 6.07) is 15.8. The molecule has 1 aromatic carbocycles. The first-order valence-electron chi connectivity index (χ1n) is 8.17. The summed E-state index contributed by atoms with van der Waals surface area (Å²) in [5.41, 5.74) is 2.59. The fourth-order valence-electron chi connectivity index (χ4n) is 2.36. The van der Waals surface area contributed by atoms with Crippen LogP contribution in [0.4, 0.5) is 0 Å². The van der Waals surface area contributed by atoms with Gasteiger partial charge in [0.15, 0.2) is 0 Å². The molecule has 0 aliphatic carbocycles. The lowest BCUT2D eigenvalue weighted by atomic mass is 10.1. The first-order valence-corrected chi connectivity index (χ1v) is 8.17. The molecule has 2 N–H and O–H groups in total. The summed E-state index contributed by atoms with van der Waals surface area (Å²) in [4.78, 5) is 32.7. The van der Waals surface area contributed by atoms with Gasteiger partial charge in [-0.25, -0.2) is 0 Å². The Morgan fingerprint density at radius 1 is 0.769 bits per heavy atom. The van der Waals surface area contributed by atoms with E-state index in [1.165, 1.54) is 0 Å². The van der Waals surface area contributed by atoms with Gasteiger partial charge in [-0.05, 0) is 48.0 Å². The fraction of sp³-hybridized carbons (Fsp3) is 0.100. The quantitative estimate of drug-likeness (QED) is 0.717. The predicted octanol–water partition coefficient (Wildman–Crippen LogP) is 2.34. The number of nitrogens with zero attached hydrogens (tertiary/aromatic N) is 2. The number of rotatable bonds is 6. The Kier molecular flexibility index (Phi) is 5.67. The van der Waals surface area contributed by atoms with Crippen LogP contribution in [0.25, 0.3) is 0 Å². The number of pyridine rings is 2. The number of nitrogens with one attached hydrogen (secondary N) is 2. The van der Waals surface area contributed by atoms with Crippen LogP contribution in [0.15, 0.2) is 73.2 Å². The predicted molar refractivity (Wildman–Crippen MR) is 97.3 cm³/mol. The molecule has 0 radical (unpaired) electrons. The first kappa shape index (κ1) is 17.3. The zero-order valence-electron chi connectivity index (χ0n) is 14.1. The Morgan fingerprint density at radius 2 is 1.46 bits per heavy atom. The molecular formula is C20H18N4O2. The monoisotopic (exact) mass is 346 g/mol. The zero-order chi connectivity index (χ0) is 18.2. The number of hydrogen-bond donors (Lipinski definition) is 2. The normalized spacial score (nSPS) is 10.2. The highest BCUT2D eigenvalue weighted by molar-refractivity contribution is 5.99. The largest absolute Gasteiger partial charge is 0.348 e. The van der Waals surface area contributed by atoms with Crippen molar-refractivity contribution in [1.82, 2.24) is 20.6 Å². The van der Waals surface area contributed by atoms with Crippen molar-refractivity contribution < 1.29 is 9.59 Å². The third kappa shape index (κ3) is 4.73. The van der Waals surface area contributed by atoms with Gasteiger partial charge in [-0.2, -0.15) is 0 Å². The second kappa shape index (κ2) is 8.53. The number of aromatic nitrogens is 2. The summed E-state index contributed by atoms with van der Waals surface area (Å²) < 4.78 is 0. The average Bonchev–Trinajstić information content (AvgIpc) is 2.72. The van der Waals surface area contributed by atoms with Crippen molar-refractivity contribution in [3.05, 3.63) is 95.6 Å². The molecule has 6 nitrogen and oxygen atoms in total. The van der Waals surface area contributed by atoms with Crippen LogP contribution >= 0.6 is 0 Å². The van der Waals surface area contributed by atoms with Crippen molar-refractivity contribution in [1.29, 1.82) is 0 Å². The summed E-state index contributed by atoms with van der Waals surface area (Å²) in [5.74, 6) is -0.486. The van der Waals surface area contributed by atoms with Gasteiger partial charge in [0, 0.05) is 36.3 Å². The number of amides is 2. The van der Waals surface area contributed by atoms with Crippen molar-refractivity contribution >= 4 is 11.8 Å². The molecule has 0 saturated heterocycles. The second-order valence-electron chi connectivity index (χ2n) is 5.62. The van der Waals surface area contributed by atoms with Gasteiger partial charge < -0.3 is 10.6 Å². The van der Waals surface area contributed by atoms with Crippen LogP contribution in [0, 0.1) is 0 Å². The molecular weight excluding hydrogens is 328 g/mol. The van der Waals surface area contributed by atoms with E-state index in [1.54, 1.807) is 42.9 Å². The third-order valence-corrected chi connectivity index (χ3v) is 3.75. The molecule has 2 amide bonds. The molecule has 2 aromatic heterocycles. The van der Waals surface area contributed by atoms with Gasteiger partial charge in [-0.3, -0.25) is 19.6 Å². The highest BCUT2D eigenvalue weighted by Crippen LogP contribution is 2.07. The van der Waals surface area contributed by atoms with Crippen molar-refractivity contribution in [2.24, 2.45) is 0 Å². The van der Waals surface area contributed by atoms with E-state index in [0.717, 1.165) is 11.3 Å². The Balaban J connectivity index is 1.60. The molecule has 0 aliphatic heterocycles. The van der Waals surface area contributed by atoms with E-state index < -0.39 is 0 Å². The van der Waals surface area contributed by atoms with Gasteiger partial charge >= 0.3 is 0 Å². The van der Waals surface area contributed by atoms with E-state index in [-0.39, 0.29) is 11.8 Å². The maximum absolute atomic E-state index is 12.3. The SMILES string of the molecule is O=C(NCc1ccncc1)c1cccc(C(=O)NCc2ccccn2)c1. The van der Waals surface area contributed by atoms with Crippen LogP contribution in [0.1, 0.15) is 32.0 Å². The van der Waals surface area contributed by atoms with E-state index in [4.69, 9.17) is 0 Å². The number of carbonyl (C=O) groups is 2. The van der Waals surface area contributed by atoms with Crippen LogP contribution in [0.2, 0.25) is 0 Å². The molecule has 0 spiro atoms. The molecule has 6 heteroatoms. The number of benzene rings is 1. The highest BCUT2D eigenvalue weighted by Gasteiger charge is 2.10. The van der Waals surface area contributed by atoms with Crippen molar-refractivity contribution in [3.63, 3.8) is 0 Å². The van der Waals surface area contributed by atoms with Crippen LogP contribution in [-0.2, 0) is 13.1 Å². The standard InChI is InChI=1S/C20H18N4O2/c25-19(23-13-15-7-10-21-11-8-15)16-4-3-5-17(12-16)20(26)24-14-18-6-1-2-9-22-18/h1-12H,13-14H2,(H,23,25)(H,24,26). The molecule has 26 heavy (non-hydrogen) atoms. The minimum absolute atomic E-state index is 0.235. The first-order chi connectivity index (χ1) is 12.7. The fourth-order valence-corrected chi connectivity index (χ4v) is 2.36. The molecule has 0 fully saturated rings. The van der Waals surface area contributed by atoms with Crippen LogP contribution < -0.4 is 10.6 Å². The molecule has 0 aliphatic rings. The third-order valence-electron chi connectivity index (χ3n) is 3.75. The molecule has 130 valence electrons. The van der Waals surface area contributed by atoms with Crippen molar-refractivity contribution in [2.45, 2.75) is 13.1 Å². The van der Waals surface area contributed by atoms with Gasteiger partial charge in [0.2, 0.25) is 0 Å². The van der Waals surface area contributed by atoms with Crippen LogP contribution in [0.5, 0.6) is 0 Å². The van der Waals surface area contributed by atoms with Gasteiger partial charge in [0.05, 0.1) is 12.2 Å². The minimum atomic E-state index is -0.251. The lowest BCUT2D eigenvalue weighted by Gasteiger charge is -2.08. The Morgan fingerprint density at radius 3 is 2.12 bits per heavy atom. The minimum Gasteiger partial charge on any atom is -0.348 e. The summed E-state index contributed by atoms with van der Waals surface area (Å²) in [6.45, 7) is 0.732. The van der Waals surface area contributed by atoms with Crippen LogP contribution in [-0.4, -0.2) is 21.8 Å². The smallest absolute Gasteiger partial charge is 0.251 e.